The van der Waals surface area contributed by atoms with Gasteiger partial charge in [0.15, 0.2) is 0 Å². The molecule has 0 heterocycles. The molecule has 134 valence electrons. The van der Waals surface area contributed by atoms with Gasteiger partial charge in [-0.25, -0.2) is 4.79 Å². The van der Waals surface area contributed by atoms with E-state index in [1.54, 1.807) is 24.3 Å². The van der Waals surface area contributed by atoms with Gasteiger partial charge >= 0.3 is 12.2 Å². The number of amides is 2. The quantitative estimate of drug-likeness (QED) is 0.769. The summed E-state index contributed by atoms with van der Waals surface area (Å²) in [6.07, 6.45) is -5.42. The zero-order valence-corrected chi connectivity index (χ0v) is 13.3. The van der Waals surface area contributed by atoms with Crippen LogP contribution in [-0.2, 0) is 6.18 Å². The number of hydrogen-bond donors (Lipinski definition) is 3. The normalized spacial score (nSPS) is 12.4. The summed E-state index contributed by atoms with van der Waals surface area (Å²) in [5.41, 5.74) is -0.0813. The molecule has 2 aromatic rings. The average molecular weight is 354 g/mol. The summed E-state index contributed by atoms with van der Waals surface area (Å²) >= 11 is 0. The van der Waals surface area contributed by atoms with Gasteiger partial charge in [-0.3, -0.25) is 0 Å². The van der Waals surface area contributed by atoms with E-state index in [4.69, 9.17) is 4.74 Å². The van der Waals surface area contributed by atoms with Crippen LogP contribution in [0.2, 0.25) is 0 Å². The highest BCUT2D eigenvalue weighted by Gasteiger charge is 2.30. The number of ether oxygens (including phenoxy) is 1. The zero-order chi connectivity index (χ0) is 18.4. The fourth-order valence-corrected chi connectivity index (χ4v) is 2.16. The number of benzene rings is 2. The van der Waals surface area contributed by atoms with Crippen LogP contribution in [0.4, 0.5) is 23.7 Å². The van der Waals surface area contributed by atoms with E-state index in [1.807, 2.05) is 0 Å². The van der Waals surface area contributed by atoms with Crippen molar-refractivity contribution in [2.24, 2.45) is 0 Å². The first-order valence-corrected chi connectivity index (χ1v) is 7.34. The Hall–Kier alpha value is -2.74. The molecule has 0 aliphatic heterocycles. The monoisotopic (exact) mass is 354 g/mol. The van der Waals surface area contributed by atoms with Crippen molar-refractivity contribution in [3.63, 3.8) is 0 Å². The fourth-order valence-electron chi connectivity index (χ4n) is 2.16. The number of halogens is 3. The van der Waals surface area contributed by atoms with E-state index < -0.39 is 23.9 Å². The van der Waals surface area contributed by atoms with Crippen LogP contribution in [-0.4, -0.2) is 24.8 Å². The van der Waals surface area contributed by atoms with Crippen molar-refractivity contribution in [2.45, 2.75) is 12.3 Å². The Bertz CT molecular complexity index is 718. The van der Waals surface area contributed by atoms with Gasteiger partial charge in [0.1, 0.15) is 5.75 Å². The molecule has 0 aliphatic rings. The van der Waals surface area contributed by atoms with E-state index in [-0.39, 0.29) is 12.2 Å². The number of urea groups is 1. The highest BCUT2D eigenvalue weighted by atomic mass is 19.4. The number of alkyl halides is 3. The van der Waals surface area contributed by atoms with Crippen molar-refractivity contribution >= 4 is 11.7 Å². The van der Waals surface area contributed by atoms with E-state index in [1.165, 1.54) is 7.11 Å². The molecule has 2 amide bonds. The van der Waals surface area contributed by atoms with Crippen molar-refractivity contribution in [2.75, 3.05) is 19.0 Å². The number of carbonyl (C=O) groups is 1. The first-order valence-electron chi connectivity index (χ1n) is 7.34. The van der Waals surface area contributed by atoms with E-state index in [9.17, 15) is 23.1 Å². The Balaban J connectivity index is 1.90. The van der Waals surface area contributed by atoms with E-state index in [2.05, 4.69) is 10.6 Å². The number of anilines is 1. The van der Waals surface area contributed by atoms with Gasteiger partial charge < -0.3 is 20.5 Å². The first-order chi connectivity index (χ1) is 11.8. The minimum atomic E-state index is -4.43. The number of nitrogens with one attached hydrogen (secondary N) is 2. The Kier molecular flexibility index (Phi) is 5.87. The molecule has 0 aromatic heterocycles. The summed E-state index contributed by atoms with van der Waals surface area (Å²) in [4.78, 5) is 11.8. The first kappa shape index (κ1) is 18.6. The van der Waals surface area contributed by atoms with E-state index in [0.29, 0.717) is 11.3 Å². The molecule has 0 spiro atoms. The van der Waals surface area contributed by atoms with Gasteiger partial charge in [-0.05, 0) is 30.3 Å². The van der Waals surface area contributed by atoms with Gasteiger partial charge in [0.2, 0.25) is 0 Å². The predicted octanol–water partition coefficient (Wildman–Crippen LogP) is 3.57. The van der Waals surface area contributed by atoms with Gasteiger partial charge in [0.05, 0.1) is 18.8 Å². The number of hydrogen-bond acceptors (Lipinski definition) is 3. The van der Waals surface area contributed by atoms with Crippen LogP contribution in [0, 0.1) is 0 Å². The van der Waals surface area contributed by atoms with Crippen LogP contribution in [0.25, 0.3) is 0 Å². The summed E-state index contributed by atoms with van der Waals surface area (Å²) in [6, 6.07) is 10.2. The third kappa shape index (κ3) is 5.12. The lowest BCUT2D eigenvalue weighted by Gasteiger charge is -2.16. The lowest BCUT2D eigenvalue weighted by Crippen LogP contribution is -2.32. The molecule has 3 N–H and O–H groups in total. The van der Waals surface area contributed by atoms with Crippen LogP contribution in [0.15, 0.2) is 48.5 Å². The van der Waals surface area contributed by atoms with Gasteiger partial charge in [-0.2, -0.15) is 13.2 Å². The predicted molar refractivity (Wildman–Crippen MR) is 86.4 cm³/mol. The molecule has 2 rings (SSSR count). The number of aliphatic hydroxyl groups is 1. The Morgan fingerprint density at radius 3 is 2.40 bits per heavy atom. The lowest BCUT2D eigenvalue weighted by molar-refractivity contribution is -0.137. The maximum atomic E-state index is 12.5. The fraction of sp³-hybridized carbons (Fsp3) is 0.235. The summed E-state index contributed by atoms with van der Waals surface area (Å²) in [6.45, 7) is -0.0904. The van der Waals surface area contributed by atoms with Crippen molar-refractivity contribution in [1.29, 1.82) is 0 Å². The van der Waals surface area contributed by atoms with Gasteiger partial charge in [0.25, 0.3) is 0 Å². The van der Waals surface area contributed by atoms with Gasteiger partial charge in [-0.1, -0.05) is 18.2 Å². The van der Waals surface area contributed by atoms with Crippen molar-refractivity contribution in [1.82, 2.24) is 5.32 Å². The molecule has 25 heavy (non-hydrogen) atoms. The second-order valence-corrected chi connectivity index (χ2v) is 5.17. The Morgan fingerprint density at radius 1 is 1.16 bits per heavy atom. The minimum absolute atomic E-state index is 0.0904. The second kappa shape index (κ2) is 7.89. The molecule has 0 saturated carbocycles. The van der Waals surface area contributed by atoms with Crippen LogP contribution >= 0.6 is 0 Å². The topological polar surface area (TPSA) is 70.6 Å². The Labute approximate surface area is 142 Å². The van der Waals surface area contributed by atoms with Gasteiger partial charge in [0, 0.05) is 17.8 Å². The lowest BCUT2D eigenvalue weighted by atomic mass is 10.1. The third-order valence-corrected chi connectivity index (χ3v) is 3.42. The molecule has 0 radical (unpaired) electrons. The molecule has 5 nitrogen and oxygen atoms in total. The summed E-state index contributed by atoms with van der Waals surface area (Å²) < 4.78 is 42.6. The summed E-state index contributed by atoms with van der Waals surface area (Å²) in [5, 5.41) is 15.0. The summed E-state index contributed by atoms with van der Waals surface area (Å²) in [7, 11) is 1.47. The van der Waals surface area contributed by atoms with E-state index >= 15 is 0 Å². The average Bonchev–Trinajstić information content (AvgIpc) is 2.59. The van der Waals surface area contributed by atoms with Crippen molar-refractivity contribution < 1.29 is 27.8 Å². The van der Waals surface area contributed by atoms with E-state index in [0.717, 1.165) is 24.3 Å². The Morgan fingerprint density at radius 2 is 1.80 bits per heavy atom. The number of rotatable bonds is 5. The second-order valence-electron chi connectivity index (χ2n) is 5.17. The van der Waals surface area contributed by atoms with Gasteiger partial charge in [-0.15, -0.1) is 0 Å². The maximum absolute atomic E-state index is 12.5. The minimum Gasteiger partial charge on any atom is -0.496 e. The molecule has 0 saturated heterocycles. The molecule has 0 aliphatic carbocycles. The number of carbonyl (C=O) groups excluding carboxylic acids is 1. The molecule has 0 unspecified atom stereocenters. The molecule has 0 fully saturated rings. The number of aliphatic hydroxyl groups excluding tert-OH is 1. The largest absolute Gasteiger partial charge is 0.496 e. The van der Waals surface area contributed by atoms with Crippen LogP contribution in [0.5, 0.6) is 5.75 Å². The SMILES string of the molecule is COc1ccccc1[C@@H](O)CNC(=O)Nc1ccc(C(F)(F)F)cc1. The van der Waals surface area contributed by atoms with Crippen LogP contribution in [0.3, 0.4) is 0 Å². The smallest absolute Gasteiger partial charge is 0.416 e. The molecule has 0 bridgehead atoms. The molecule has 1 atom stereocenters. The number of para-hydroxylation sites is 1. The molecule has 2 aromatic carbocycles. The van der Waals surface area contributed by atoms with Crippen molar-refractivity contribution in [3.05, 3.63) is 59.7 Å². The molecular formula is C17H17F3N2O3. The highest BCUT2D eigenvalue weighted by molar-refractivity contribution is 5.89. The van der Waals surface area contributed by atoms with Crippen molar-refractivity contribution in [3.8, 4) is 5.75 Å². The third-order valence-electron chi connectivity index (χ3n) is 3.42. The van der Waals surface area contributed by atoms with Crippen LogP contribution in [0.1, 0.15) is 17.2 Å². The molecular weight excluding hydrogens is 337 g/mol. The maximum Gasteiger partial charge on any atom is 0.416 e. The highest BCUT2D eigenvalue weighted by Crippen LogP contribution is 2.29. The standard InChI is InChI=1S/C17H17F3N2O3/c1-25-15-5-3-2-4-13(15)14(23)10-21-16(24)22-12-8-6-11(7-9-12)17(18,19)20/h2-9,14,23H,10H2,1H3,(H2,21,22,24)/t14-/m0/s1. The molecule has 8 heteroatoms. The zero-order valence-electron chi connectivity index (χ0n) is 13.3. The van der Waals surface area contributed by atoms with Crippen LogP contribution < -0.4 is 15.4 Å². The number of methoxy groups -OCH3 is 1. The summed E-state index contributed by atoms with van der Waals surface area (Å²) in [5.74, 6) is 0.486.